The second-order valence-electron chi connectivity index (χ2n) is 8.27. The Bertz CT molecular complexity index is 1260. The van der Waals surface area contributed by atoms with E-state index in [9.17, 15) is 4.79 Å². The third-order valence-electron chi connectivity index (χ3n) is 5.75. The average molecular weight is 463 g/mol. The van der Waals surface area contributed by atoms with Crippen LogP contribution in [0.15, 0.2) is 41.9 Å². The molecule has 1 fully saturated rings. The van der Waals surface area contributed by atoms with Crippen molar-refractivity contribution in [2.75, 3.05) is 43.9 Å². The SMILES string of the molecule is Cc1nc(Nc2cn[nH]c2C(=O)Nc2ccc(CN3CCN(C)CC3)cc2)c2sccc2n1. The molecule has 10 heteroatoms. The van der Waals surface area contributed by atoms with Gasteiger partial charge in [0.1, 0.15) is 11.5 Å². The summed E-state index contributed by atoms with van der Waals surface area (Å²) in [6.45, 7) is 7.12. The molecule has 1 saturated heterocycles. The zero-order chi connectivity index (χ0) is 22.8. The number of nitrogens with one attached hydrogen (secondary N) is 3. The van der Waals surface area contributed by atoms with Crippen molar-refractivity contribution in [2.45, 2.75) is 13.5 Å². The average Bonchev–Trinajstić information content (AvgIpc) is 3.46. The number of carbonyl (C=O) groups is 1. The number of hydrogen-bond acceptors (Lipinski definition) is 8. The van der Waals surface area contributed by atoms with Gasteiger partial charge in [-0.15, -0.1) is 11.3 Å². The molecule has 170 valence electrons. The van der Waals surface area contributed by atoms with Crippen molar-refractivity contribution >= 4 is 44.7 Å². The molecule has 9 nitrogen and oxygen atoms in total. The fourth-order valence-electron chi connectivity index (χ4n) is 3.90. The van der Waals surface area contributed by atoms with Gasteiger partial charge in [0, 0.05) is 38.4 Å². The van der Waals surface area contributed by atoms with E-state index in [1.165, 1.54) is 5.56 Å². The van der Waals surface area contributed by atoms with Crippen molar-refractivity contribution in [1.29, 1.82) is 0 Å². The van der Waals surface area contributed by atoms with E-state index in [0.29, 0.717) is 23.0 Å². The van der Waals surface area contributed by atoms with Gasteiger partial charge in [-0.1, -0.05) is 12.1 Å². The normalized spacial score (nSPS) is 15.1. The van der Waals surface area contributed by atoms with Crippen LogP contribution in [0.5, 0.6) is 0 Å². The number of aryl methyl sites for hydroxylation is 1. The molecule has 0 radical (unpaired) electrons. The van der Waals surface area contributed by atoms with Gasteiger partial charge >= 0.3 is 0 Å². The molecule has 0 aliphatic carbocycles. The molecule has 4 aromatic rings. The Balaban J connectivity index is 1.25. The van der Waals surface area contributed by atoms with Crippen LogP contribution in [0.3, 0.4) is 0 Å². The fraction of sp³-hybridized carbons (Fsp3) is 0.304. The summed E-state index contributed by atoms with van der Waals surface area (Å²) in [6, 6.07) is 9.97. The Morgan fingerprint density at radius 1 is 1.12 bits per heavy atom. The first kappa shape index (κ1) is 21.5. The summed E-state index contributed by atoms with van der Waals surface area (Å²) < 4.78 is 0.934. The first-order valence-electron chi connectivity index (χ1n) is 10.9. The smallest absolute Gasteiger partial charge is 0.275 e. The highest BCUT2D eigenvalue weighted by Gasteiger charge is 2.17. The van der Waals surface area contributed by atoms with Crippen LogP contribution in [0.25, 0.3) is 10.2 Å². The number of rotatable bonds is 6. The van der Waals surface area contributed by atoms with E-state index in [0.717, 1.165) is 48.6 Å². The molecule has 1 aromatic carbocycles. The number of piperazine rings is 1. The minimum atomic E-state index is -0.269. The lowest BCUT2D eigenvalue weighted by Gasteiger charge is -2.32. The topological polar surface area (TPSA) is 102 Å². The summed E-state index contributed by atoms with van der Waals surface area (Å²) >= 11 is 1.55. The Kier molecular flexibility index (Phi) is 6.03. The molecule has 0 spiro atoms. The third kappa shape index (κ3) is 4.87. The van der Waals surface area contributed by atoms with E-state index in [4.69, 9.17) is 0 Å². The van der Waals surface area contributed by atoms with Gasteiger partial charge in [0.05, 0.1) is 22.1 Å². The minimum Gasteiger partial charge on any atom is -0.336 e. The van der Waals surface area contributed by atoms with Crippen LogP contribution in [0, 0.1) is 6.92 Å². The number of aromatic amines is 1. The van der Waals surface area contributed by atoms with Crippen LogP contribution in [-0.2, 0) is 6.54 Å². The van der Waals surface area contributed by atoms with Crippen molar-refractivity contribution in [3.05, 3.63) is 59.0 Å². The number of amides is 1. The molecule has 3 aromatic heterocycles. The second-order valence-corrected chi connectivity index (χ2v) is 9.18. The van der Waals surface area contributed by atoms with E-state index in [-0.39, 0.29) is 5.91 Å². The highest BCUT2D eigenvalue weighted by Crippen LogP contribution is 2.29. The zero-order valence-corrected chi connectivity index (χ0v) is 19.4. The molecular formula is C23H26N8OS. The number of aromatic nitrogens is 4. The maximum absolute atomic E-state index is 12.9. The van der Waals surface area contributed by atoms with E-state index in [1.807, 2.05) is 30.5 Å². The Labute approximate surface area is 195 Å². The molecule has 1 amide bonds. The molecule has 4 heterocycles. The monoisotopic (exact) mass is 462 g/mol. The van der Waals surface area contributed by atoms with Gasteiger partial charge in [0.2, 0.25) is 0 Å². The molecule has 0 bridgehead atoms. The van der Waals surface area contributed by atoms with E-state index in [1.54, 1.807) is 17.5 Å². The number of nitrogens with zero attached hydrogens (tertiary/aromatic N) is 5. The van der Waals surface area contributed by atoms with Gasteiger partial charge in [-0.25, -0.2) is 9.97 Å². The predicted molar refractivity (Wildman–Crippen MR) is 131 cm³/mol. The van der Waals surface area contributed by atoms with E-state index >= 15 is 0 Å². The van der Waals surface area contributed by atoms with E-state index < -0.39 is 0 Å². The lowest BCUT2D eigenvalue weighted by atomic mass is 10.1. The standard InChI is InChI=1S/C23H26N8OS/c1-15-25-18-7-12-33-21(18)22(26-15)28-19-13-24-29-20(19)23(32)27-17-5-3-16(4-6-17)14-31-10-8-30(2)9-11-31/h3-7,12-13H,8-11,14H2,1-2H3,(H,24,29)(H,27,32)(H,25,26,28). The third-order valence-corrected chi connectivity index (χ3v) is 6.66. The van der Waals surface area contributed by atoms with Gasteiger partial charge in [-0.05, 0) is 43.1 Å². The fourth-order valence-corrected chi connectivity index (χ4v) is 4.67. The van der Waals surface area contributed by atoms with Crippen LogP contribution in [0.4, 0.5) is 17.2 Å². The first-order valence-corrected chi connectivity index (χ1v) is 11.8. The molecule has 5 rings (SSSR count). The van der Waals surface area contributed by atoms with Crippen molar-refractivity contribution in [2.24, 2.45) is 0 Å². The number of thiophene rings is 1. The van der Waals surface area contributed by atoms with Crippen LogP contribution in [-0.4, -0.2) is 69.1 Å². The Morgan fingerprint density at radius 2 is 1.91 bits per heavy atom. The molecule has 1 aliphatic heterocycles. The molecule has 33 heavy (non-hydrogen) atoms. The van der Waals surface area contributed by atoms with Crippen LogP contribution < -0.4 is 10.6 Å². The van der Waals surface area contributed by atoms with Crippen LogP contribution in [0.1, 0.15) is 21.9 Å². The zero-order valence-electron chi connectivity index (χ0n) is 18.6. The maximum Gasteiger partial charge on any atom is 0.275 e. The summed E-state index contributed by atoms with van der Waals surface area (Å²) in [5.41, 5.74) is 3.76. The van der Waals surface area contributed by atoms with Gasteiger partial charge < -0.3 is 15.5 Å². The molecule has 3 N–H and O–H groups in total. The summed E-state index contributed by atoms with van der Waals surface area (Å²) in [5.74, 6) is 1.06. The number of benzene rings is 1. The van der Waals surface area contributed by atoms with Gasteiger partial charge in [0.25, 0.3) is 5.91 Å². The van der Waals surface area contributed by atoms with Crippen molar-refractivity contribution in [3.63, 3.8) is 0 Å². The number of fused-ring (bicyclic) bond motifs is 1. The molecular weight excluding hydrogens is 436 g/mol. The second kappa shape index (κ2) is 9.26. The Hall–Kier alpha value is -3.34. The van der Waals surface area contributed by atoms with Crippen LogP contribution >= 0.6 is 11.3 Å². The summed E-state index contributed by atoms with van der Waals surface area (Å²) in [6.07, 6.45) is 1.59. The van der Waals surface area contributed by atoms with Crippen molar-refractivity contribution in [1.82, 2.24) is 30.0 Å². The lowest BCUT2D eigenvalue weighted by molar-refractivity contribution is 0.102. The number of anilines is 3. The Morgan fingerprint density at radius 3 is 2.70 bits per heavy atom. The predicted octanol–water partition coefficient (Wildman–Crippen LogP) is 3.47. The molecule has 0 atom stereocenters. The maximum atomic E-state index is 12.9. The lowest BCUT2D eigenvalue weighted by Crippen LogP contribution is -2.43. The first-order chi connectivity index (χ1) is 16.0. The van der Waals surface area contributed by atoms with E-state index in [2.05, 4.69) is 59.8 Å². The minimum absolute atomic E-state index is 0.269. The number of hydrogen-bond donors (Lipinski definition) is 3. The number of H-pyrrole nitrogens is 1. The summed E-state index contributed by atoms with van der Waals surface area (Å²) in [5, 5.41) is 15.0. The molecule has 1 aliphatic rings. The van der Waals surface area contributed by atoms with Crippen molar-refractivity contribution in [3.8, 4) is 0 Å². The van der Waals surface area contributed by atoms with Crippen LogP contribution in [0.2, 0.25) is 0 Å². The molecule has 0 saturated carbocycles. The van der Waals surface area contributed by atoms with Gasteiger partial charge in [-0.3, -0.25) is 14.8 Å². The summed E-state index contributed by atoms with van der Waals surface area (Å²) in [4.78, 5) is 26.7. The summed E-state index contributed by atoms with van der Waals surface area (Å²) in [7, 11) is 2.16. The quantitative estimate of drug-likeness (QED) is 0.403. The molecule has 0 unspecified atom stereocenters. The number of carbonyl (C=O) groups excluding carboxylic acids is 1. The van der Waals surface area contributed by atoms with Gasteiger partial charge in [-0.2, -0.15) is 5.10 Å². The highest BCUT2D eigenvalue weighted by atomic mass is 32.1. The largest absolute Gasteiger partial charge is 0.336 e. The highest BCUT2D eigenvalue weighted by molar-refractivity contribution is 7.17. The van der Waals surface area contributed by atoms with Crippen molar-refractivity contribution < 1.29 is 4.79 Å². The van der Waals surface area contributed by atoms with Gasteiger partial charge in [0.15, 0.2) is 5.82 Å². The number of likely N-dealkylation sites (N-methyl/N-ethyl adjacent to an activating group) is 1.